The maximum Gasteiger partial charge on any atom is 0.0595 e. The molecule has 2 heterocycles. The van der Waals surface area contributed by atoms with Gasteiger partial charge >= 0.3 is 0 Å². The Balaban J connectivity index is 1.82. The highest BCUT2D eigenvalue weighted by molar-refractivity contribution is 6.42. The monoisotopic (exact) mass is 320 g/mol. The molecule has 0 amide bonds. The van der Waals surface area contributed by atoms with Gasteiger partial charge in [0.2, 0.25) is 0 Å². The fraction of sp³-hybridized carbons (Fsp3) is 0.471. The van der Waals surface area contributed by atoms with Crippen LogP contribution in [0.2, 0.25) is 10.0 Å². The third-order valence-electron chi connectivity index (χ3n) is 4.96. The van der Waals surface area contributed by atoms with E-state index in [2.05, 4.69) is 17.4 Å². The van der Waals surface area contributed by atoms with Crippen LogP contribution in [0, 0.1) is 5.92 Å². The molecule has 2 nitrogen and oxygen atoms in total. The van der Waals surface area contributed by atoms with Crippen molar-refractivity contribution in [1.29, 1.82) is 0 Å². The van der Waals surface area contributed by atoms with E-state index in [-0.39, 0.29) is 0 Å². The first-order chi connectivity index (χ1) is 10.2. The highest BCUT2D eigenvalue weighted by Crippen LogP contribution is 2.46. The Morgan fingerprint density at radius 3 is 2.90 bits per heavy atom. The zero-order valence-corrected chi connectivity index (χ0v) is 13.3. The lowest BCUT2D eigenvalue weighted by Crippen LogP contribution is -2.34. The second kappa shape index (κ2) is 5.42. The molecular formula is C17H18Cl2N2. The first kappa shape index (κ1) is 13.8. The van der Waals surface area contributed by atoms with Crippen molar-refractivity contribution in [1.82, 2.24) is 5.32 Å². The molecule has 2 atom stereocenters. The zero-order chi connectivity index (χ0) is 14.4. The van der Waals surface area contributed by atoms with Gasteiger partial charge in [0.05, 0.1) is 10.0 Å². The molecule has 2 aliphatic heterocycles. The minimum absolute atomic E-state index is 0.428. The molecule has 4 rings (SSSR count). The third kappa shape index (κ3) is 2.34. The average Bonchev–Trinajstić information content (AvgIpc) is 2.95. The van der Waals surface area contributed by atoms with Gasteiger partial charge in [0.1, 0.15) is 0 Å². The Morgan fingerprint density at radius 2 is 2.05 bits per heavy atom. The lowest BCUT2D eigenvalue weighted by atomic mass is 9.75. The summed E-state index contributed by atoms with van der Waals surface area (Å²) in [6.07, 6.45) is 4.70. The Labute approximate surface area is 135 Å². The van der Waals surface area contributed by atoms with E-state index in [1.165, 1.54) is 35.4 Å². The lowest BCUT2D eigenvalue weighted by Gasteiger charge is -2.35. The van der Waals surface area contributed by atoms with Gasteiger partial charge in [-0.3, -0.25) is 4.99 Å². The molecule has 1 N–H and O–H groups in total. The van der Waals surface area contributed by atoms with Gasteiger partial charge in [0.25, 0.3) is 0 Å². The first-order valence-corrected chi connectivity index (χ1v) is 8.44. The summed E-state index contributed by atoms with van der Waals surface area (Å²) >= 11 is 12.3. The van der Waals surface area contributed by atoms with Crippen molar-refractivity contribution in [2.45, 2.75) is 31.6 Å². The quantitative estimate of drug-likeness (QED) is 0.804. The summed E-state index contributed by atoms with van der Waals surface area (Å²) in [5.41, 5.74) is 5.49. The number of hydrogen-bond acceptors (Lipinski definition) is 2. The molecule has 21 heavy (non-hydrogen) atoms. The van der Waals surface area contributed by atoms with Crippen molar-refractivity contribution in [3.63, 3.8) is 0 Å². The number of nitrogens with one attached hydrogen (secondary N) is 1. The number of fused-ring (bicyclic) bond motifs is 1. The minimum atomic E-state index is 0.428. The summed E-state index contributed by atoms with van der Waals surface area (Å²) in [4.78, 5) is 4.98. The molecule has 2 unspecified atom stereocenters. The predicted octanol–water partition coefficient (Wildman–Crippen LogP) is 4.58. The highest BCUT2D eigenvalue weighted by Gasteiger charge is 2.38. The van der Waals surface area contributed by atoms with Crippen LogP contribution in [0.3, 0.4) is 0 Å². The van der Waals surface area contributed by atoms with Crippen LogP contribution in [0.5, 0.6) is 0 Å². The molecule has 0 saturated heterocycles. The van der Waals surface area contributed by atoms with Crippen molar-refractivity contribution in [2.24, 2.45) is 10.9 Å². The normalized spacial score (nSPS) is 28.2. The smallest absolute Gasteiger partial charge is 0.0595 e. The molecule has 0 spiro atoms. The van der Waals surface area contributed by atoms with E-state index in [1.54, 1.807) is 0 Å². The van der Waals surface area contributed by atoms with E-state index in [0.29, 0.717) is 21.9 Å². The molecule has 0 radical (unpaired) electrons. The van der Waals surface area contributed by atoms with Crippen LogP contribution in [0.4, 0.5) is 0 Å². The lowest BCUT2D eigenvalue weighted by molar-refractivity contribution is 0.522. The van der Waals surface area contributed by atoms with E-state index < -0.39 is 0 Å². The van der Waals surface area contributed by atoms with Gasteiger partial charge in [-0.1, -0.05) is 29.3 Å². The molecule has 0 bridgehead atoms. The van der Waals surface area contributed by atoms with Gasteiger partial charge in [0, 0.05) is 42.8 Å². The molecule has 1 aromatic rings. The molecule has 1 saturated carbocycles. The van der Waals surface area contributed by atoms with Gasteiger partial charge in [-0.25, -0.2) is 0 Å². The van der Waals surface area contributed by atoms with E-state index in [0.717, 1.165) is 25.9 Å². The summed E-state index contributed by atoms with van der Waals surface area (Å²) in [5.74, 6) is 0.985. The standard InChI is InChI=1S/C17H18Cl2N2/c18-13-5-4-10(8-14(13)19)17-11-2-1-3-15(11)21-16-6-7-20-9-12(16)17/h4-5,8,11,17,20H,1-3,6-7,9H2. The molecule has 0 aromatic heterocycles. The van der Waals surface area contributed by atoms with Crippen molar-refractivity contribution < 1.29 is 0 Å². The van der Waals surface area contributed by atoms with Crippen molar-refractivity contribution in [3.8, 4) is 0 Å². The van der Waals surface area contributed by atoms with Gasteiger partial charge in [-0.05, 0) is 42.5 Å². The van der Waals surface area contributed by atoms with Crippen LogP contribution in [0.25, 0.3) is 0 Å². The Kier molecular flexibility index (Phi) is 3.56. The van der Waals surface area contributed by atoms with Crippen LogP contribution in [0.15, 0.2) is 34.5 Å². The summed E-state index contributed by atoms with van der Waals surface area (Å²) in [6.45, 7) is 1.99. The first-order valence-electron chi connectivity index (χ1n) is 7.69. The molecule has 4 heteroatoms. The number of aliphatic imine (C=N–C) groups is 1. The number of hydrogen-bond donors (Lipinski definition) is 1. The number of halogens is 2. The largest absolute Gasteiger partial charge is 0.313 e. The van der Waals surface area contributed by atoms with Gasteiger partial charge in [-0.15, -0.1) is 0 Å². The highest BCUT2D eigenvalue weighted by atomic mass is 35.5. The van der Waals surface area contributed by atoms with E-state index in [1.807, 2.05) is 6.07 Å². The fourth-order valence-corrected chi connectivity index (χ4v) is 4.32. The summed E-state index contributed by atoms with van der Waals surface area (Å²) in [7, 11) is 0. The average molecular weight is 321 g/mol. The van der Waals surface area contributed by atoms with E-state index >= 15 is 0 Å². The van der Waals surface area contributed by atoms with Crippen LogP contribution >= 0.6 is 23.2 Å². The van der Waals surface area contributed by atoms with E-state index in [9.17, 15) is 0 Å². The summed E-state index contributed by atoms with van der Waals surface area (Å²) < 4.78 is 0. The van der Waals surface area contributed by atoms with Gasteiger partial charge in [0.15, 0.2) is 0 Å². The van der Waals surface area contributed by atoms with Crippen LogP contribution in [-0.2, 0) is 0 Å². The Bertz CT molecular complexity index is 648. The van der Waals surface area contributed by atoms with Crippen molar-refractivity contribution in [2.75, 3.05) is 13.1 Å². The fourth-order valence-electron chi connectivity index (χ4n) is 4.02. The number of rotatable bonds is 1. The molecule has 1 aromatic carbocycles. The molecule has 3 aliphatic rings. The SMILES string of the molecule is Clc1ccc(C2C3=C(CCNC3)N=C3CCCC32)cc1Cl. The van der Waals surface area contributed by atoms with Crippen LogP contribution < -0.4 is 5.32 Å². The van der Waals surface area contributed by atoms with Crippen LogP contribution in [0.1, 0.15) is 37.2 Å². The third-order valence-corrected chi connectivity index (χ3v) is 5.70. The topological polar surface area (TPSA) is 24.4 Å². The molecule has 1 fully saturated rings. The predicted molar refractivity (Wildman–Crippen MR) is 88.5 cm³/mol. The van der Waals surface area contributed by atoms with Gasteiger partial charge in [-0.2, -0.15) is 0 Å². The van der Waals surface area contributed by atoms with Gasteiger partial charge < -0.3 is 5.32 Å². The van der Waals surface area contributed by atoms with Crippen molar-refractivity contribution >= 4 is 28.9 Å². The summed E-state index contributed by atoms with van der Waals surface area (Å²) in [6, 6.07) is 6.12. The molecule has 1 aliphatic carbocycles. The molecule has 110 valence electrons. The second-order valence-electron chi connectivity index (χ2n) is 6.15. The molecular weight excluding hydrogens is 303 g/mol. The maximum atomic E-state index is 6.26. The van der Waals surface area contributed by atoms with Crippen molar-refractivity contribution in [3.05, 3.63) is 45.1 Å². The second-order valence-corrected chi connectivity index (χ2v) is 6.97. The summed E-state index contributed by atoms with van der Waals surface area (Å²) in [5, 5.41) is 4.79. The number of benzene rings is 1. The Morgan fingerprint density at radius 1 is 1.14 bits per heavy atom. The minimum Gasteiger partial charge on any atom is -0.313 e. The Hall–Kier alpha value is -0.830. The van der Waals surface area contributed by atoms with Crippen LogP contribution in [-0.4, -0.2) is 18.8 Å². The number of nitrogens with zero attached hydrogens (tertiary/aromatic N) is 1. The van der Waals surface area contributed by atoms with E-state index in [4.69, 9.17) is 28.2 Å². The maximum absolute atomic E-state index is 6.26. The zero-order valence-electron chi connectivity index (χ0n) is 11.8.